The molecule has 0 fully saturated rings. The van der Waals surface area contributed by atoms with Crippen LogP contribution in [0, 0.1) is 11.6 Å². The van der Waals surface area contributed by atoms with Gasteiger partial charge in [-0.1, -0.05) is 30.3 Å². The van der Waals surface area contributed by atoms with Crippen molar-refractivity contribution in [3.8, 4) is 5.75 Å². The van der Waals surface area contributed by atoms with E-state index in [-0.39, 0.29) is 24.4 Å². The zero-order valence-electron chi connectivity index (χ0n) is 16.1. The molecule has 0 aliphatic heterocycles. The summed E-state index contributed by atoms with van der Waals surface area (Å²) in [6.07, 6.45) is 0.938. The maximum atomic E-state index is 13.6. The molecule has 0 spiro atoms. The Bertz CT molecular complexity index is 1150. The number of halogens is 2. The first-order valence-corrected chi connectivity index (χ1v) is 10.8. The standard InChI is InChI=1S/C22H19F2NO4S/c1-30(27,28)29-21-7-2-4-17(12-21)15-25(14-16-8-10-19(23)11-9-16)22(26)18-5-3-6-20(24)13-18/h2-13H,14-15H2,1H3. The molecule has 0 unspecified atom stereocenters. The van der Waals surface area contributed by atoms with Gasteiger partial charge in [-0.15, -0.1) is 0 Å². The number of benzene rings is 3. The van der Waals surface area contributed by atoms with Crippen LogP contribution in [0.1, 0.15) is 21.5 Å². The number of nitrogens with zero attached hydrogens (tertiary/aromatic N) is 1. The van der Waals surface area contributed by atoms with Crippen molar-refractivity contribution in [1.29, 1.82) is 0 Å². The van der Waals surface area contributed by atoms with Gasteiger partial charge in [-0.2, -0.15) is 8.42 Å². The summed E-state index contributed by atoms with van der Waals surface area (Å²) in [7, 11) is -3.70. The number of rotatable bonds is 7. The molecule has 0 aliphatic rings. The monoisotopic (exact) mass is 431 g/mol. The summed E-state index contributed by atoms with van der Waals surface area (Å²) in [5, 5.41) is 0. The van der Waals surface area contributed by atoms with Gasteiger partial charge in [-0.25, -0.2) is 8.78 Å². The van der Waals surface area contributed by atoms with E-state index in [0.717, 1.165) is 12.3 Å². The third kappa shape index (κ3) is 6.12. The van der Waals surface area contributed by atoms with Gasteiger partial charge < -0.3 is 9.08 Å². The predicted molar refractivity (Wildman–Crippen MR) is 108 cm³/mol. The molecule has 1 amide bonds. The van der Waals surface area contributed by atoms with Gasteiger partial charge in [0.2, 0.25) is 0 Å². The highest BCUT2D eigenvalue weighted by Crippen LogP contribution is 2.20. The second-order valence-electron chi connectivity index (χ2n) is 6.73. The topological polar surface area (TPSA) is 63.7 Å². The van der Waals surface area contributed by atoms with Crippen LogP contribution in [0.15, 0.2) is 72.8 Å². The summed E-state index contributed by atoms with van der Waals surface area (Å²) in [5.41, 5.74) is 1.47. The summed E-state index contributed by atoms with van der Waals surface area (Å²) in [4.78, 5) is 14.5. The summed E-state index contributed by atoms with van der Waals surface area (Å²) in [6.45, 7) is 0.250. The lowest BCUT2D eigenvalue weighted by atomic mass is 10.1. The summed E-state index contributed by atoms with van der Waals surface area (Å²) < 4.78 is 54.5. The van der Waals surface area contributed by atoms with Crippen LogP contribution in [-0.4, -0.2) is 25.5 Å². The molecule has 0 N–H and O–H groups in total. The molecule has 156 valence electrons. The summed E-state index contributed by atoms with van der Waals surface area (Å²) >= 11 is 0. The lowest BCUT2D eigenvalue weighted by molar-refractivity contribution is 0.0729. The molecular weight excluding hydrogens is 412 g/mol. The van der Waals surface area contributed by atoms with E-state index in [9.17, 15) is 22.0 Å². The van der Waals surface area contributed by atoms with E-state index in [4.69, 9.17) is 4.18 Å². The highest BCUT2D eigenvalue weighted by atomic mass is 32.2. The number of hydrogen-bond acceptors (Lipinski definition) is 4. The second kappa shape index (κ2) is 9.04. The first-order valence-electron chi connectivity index (χ1n) is 8.97. The molecule has 0 aliphatic carbocycles. The molecule has 0 aromatic heterocycles. The molecule has 8 heteroatoms. The molecule has 30 heavy (non-hydrogen) atoms. The van der Waals surface area contributed by atoms with Gasteiger partial charge >= 0.3 is 10.1 Å². The largest absolute Gasteiger partial charge is 0.383 e. The van der Waals surface area contributed by atoms with Crippen molar-refractivity contribution in [2.24, 2.45) is 0 Å². The van der Waals surface area contributed by atoms with Crippen molar-refractivity contribution >= 4 is 16.0 Å². The Hall–Kier alpha value is -3.26. The number of amides is 1. The average Bonchev–Trinajstić information content (AvgIpc) is 2.67. The zero-order chi connectivity index (χ0) is 21.7. The Kier molecular flexibility index (Phi) is 6.47. The molecule has 0 radical (unpaired) electrons. The fourth-order valence-electron chi connectivity index (χ4n) is 2.90. The van der Waals surface area contributed by atoms with Crippen LogP contribution >= 0.6 is 0 Å². The molecule has 5 nitrogen and oxygen atoms in total. The van der Waals surface area contributed by atoms with Crippen LogP contribution < -0.4 is 4.18 Å². The van der Waals surface area contributed by atoms with Gasteiger partial charge in [0.05, 0.1) is 6.26 Å². The fourth-order valence-corrected chi connectivity index (χ4v) is 3.36. The third-order valence-corrected chi connectivity index (χ3v) is 4.66. The molecule has 0 saturated carbocycles. The molecule has 3 aromatic rings. The Morgan fingerprint density at radius 3 is 2.20 bits per heavy atom. The molecule has 0 saturated heterocycles. The van der Waals surface area contributed by atoms with Crippen molar-refractivity contribution in [3.63, 3.8) is 0 Å². The van der Waals surface area contributed by atoms with E-state index in [1.165, 1.54) is 47.4 Å². The molecule has 3 rings (SSSR count). The van der Waals surface area contributed by atoms with E-state index < -0.39 is 27.7 Å². The Balaban J connectivity index is 1.90. The van der Waals surface area contributed by atoms with E-state index in [1.807, 2.05) is 0 Å². The average molecular weight is 431 g/mol. The van der Waals surface area contributed by atoms with Gasteiger partial charge in [0.15, 0.2) is 0 Å². The van der Waals surface area contributed by atoms with Crippen LogP contribution in [0.25, 0.3) is 0 Å². The maximum absolute atomic E-state index is 13.6. The van der Waals surface area contributed by atoms with Crippen LogP contribution in [0.4, 0.5) is 8.78 Å². The van der Waals surface area contributed by atoms with Crippen molar-refractivity contribution in [1.82, 2.24) is 4.90 Å². The molecule has 0 heterocycles. The van der Waals surface area contributed by atoms with E-state index >= 15 is 0 Å². The van der Waals surface area contributed by atoms with Crippen LogP contribution in [0.2, 0.25) is 0 Å². The number of carbonyl (C=O) groups is 1. The van der Waals surface area contributed by atoms with E-state index in [0.29, 0.717) is 11.1 Å². The van der Waals surface area contributed by atoms with Gasteiger partial charge in [-0.05, 0) is 53.6 Å². The quantitative estimate of drug-likeness (QED) is 0.528. The third-order valence-electron chi connectivity index (χ3n) is 4.16. The zero-order valence-corrected chi connectivity index (χ0v) is 16.9. The molecule has 0 atom stereocenters. The van der Waals surface area contributed by atoms with Gasteiger partial charge in [0.1, 0.15) is 17.4 Å². The normalized spacial score (nSPS) is 11.2. The van der Waals surface area contributed by atoms with Crippen molar-refractivity contribution < 1.29 is 26.2 Å². The minimum atomic E-state index is -3.70. The SMILES string of the molecule is CS(=O)(=O)Oc1cccc(CN(Cc2ccc(F)cc2)C(=O)c2cccc(F)c2)c1. The van der Waals surface area contributed by atoms with Gasteiger partial charge in [-0.3, -0.25) is 4.79 Å². The van der Waals surface area contributed by atoms with Gasteiger partial charge in [0.25, 0.3) is 5.91 Å². The Labute approximate surface area is 173 Å². The Morgan fingerprint density at radius 1 is 0.867 bits per heavy atom. The fraction of sp³-hybridized carbons (Fsp3) is 0.136. The lowest BCUT2D eigenvalue weighted by Gasteiger charge is -2.23. The van der Waals surface area contributed by atoms with Crippen LogP contribution in [-0.2, 0) is 23.2 Å². The minimum absolute atomic E-state index is 0.105. The maximum Gasteiger partial charge on any atom is 0.306 e. The lowest BCUT2D eigenvalue weighted by Crippen LogP contribution is -2.30. The van der Waals surface area contributed by atoms with Crippen molar-refractivity contribution in [2.75, 3.05) is 6.26 Å². The van der Waals surface area contributed by atoms with E-state index in [2.05, 4.69) is 0 Å². The van der Waals surface area contributed by atoms with Crippen molar-refractivity contribution in [2.45, 2.75) is 13.1 Å². The first kappa shape index (κ1) is 21.4. The highest BCUT2D eigenvalue weighted by molar-refractivity contribution is 7.86. The minimum Gasteiger partial charge on any atom is -0.383 e. The van der Waals surface area contributed by atoms with Crippen molar-refractivity contribution in [3.05, 3.63) is 101 Å². The first-order chi connectivity index (χ1) is 14.2. The van der Waals surface area contributed by atoms with Crippen LogP contribution in [0.5, 0.6) is 5.75 Å². The molecule has 0 bridgehead atoms. The Morgan fingerprint density at radius 2 is 1.53 bits per heavy atom. The van der Waals surface area contributed by atoms with Gasteiger partial charge in [0, 0.05) is 18.7 Å². The predicted octanol–water partition coefficient (Wildman–Crippen LogP) is 4.15. The van der Waals surface area contributed by atoms with E-state index in [1.54, 1.807) is 24.3 Å². The summed E-state index contributed by atoms with van der Waals surface area (Å²) in [6, 6.07) is 17.4. The van der Waals surface area contributed by atoms with Crippen LogP contribution in [0.3, 0.4) is 0 Å². The molecule has 3 aromatic carbocycles. The number of carbonyl (C=O) groups excluding carboxylic acids is 1. The summed E-state index contributed by atoms with van der Waals surface area (Å²) in [5.74, 6) is -1.23. The second-order valence-corrected chi connectivity index (χ2v) is 8.31. The number of hydrogen-bond donors (Lipinski definition) is 0. The highest BCUT2D eigenvalue weighted by Gasteiger charge is 2.18. The molecular formula is C22H19F2NO4S. The smallest absolute Gasteiger partial charge is 0.306 e.